The SMILES string of the molecule is O=C(c1cc(C2CC2)on1)N1CC[C@@H](S(=O)(=O)c2ccccc2)C1. The average Bonchev–Trinajstić information content (AvgIpc) is 3.14. The number of aromatic nitrogens is 1. The fraction of sp³-hybridized carbons (Fsp3) is 0.412. The Labute approximate surface area is 140 Å². The highest BCUT2D eigenvalue weighted by Gasteiger charge is 2.37. The summed E-state index contributed by atoms with van der Waals surface area (Å²) in [4.78, 5) is 14.4. The highest BCUT2D eigenvalue weighted by Crippen LogP contribution is 2.40. The molecule has 0 N–H and O–H groups in total. The Morgan fingerprint density at radius 2 is 1.92 bits per heavy atom. The van der Waals surface area contributed by atoms with Gasteiger partial charge in [0.15, 0.2) is 15.5 Å². The van der Waals surface area contributed by atoms with Crippen molar-refractivity contribution >= 4 is 15.7 Å². The molecule has 1 aliphatic carbocycles. The highest BCUT2D eigenvalue weighted by atomic mass is 32.2. The van der Waals surface area contributed by atoms with Crippen molar-refractivity contribution in [2.24, 2.45) is 0 Å². The molecule has 2 fully saturated rings. The normalized spacial score (nSPS) is 21.2. The van der Waals surface area contributed by atoms with Crippen LogP contribution in [0.3, 0.4) is 0 Å². The van der Waals surface area contributed by atoms with Crippen molar-refractivity contribution in [1.29, 1.82) is 0 Å². The molecule has 1 saturated carbocycles. The number of sulfone groups is 1. The summed E-state index contributed by atoms with van der Waals surface area (Å²) in [6.07, 6.45) is 2.59. The minimum absolute atomic E-state index is 0.196. The molecule has 1 saturated heterocycles. The lowest BCUT2D eigenvalue weighted by molar-refractivity contribution is 0.0783. The third kappa shape index (κ3) is 2.73. The standard InChI is InChI=1S/C17H18N2O4S/c20-17(15-10-16(23-18-15)12-6-7-12)19-9-8-14(11-19)24(21,22)13-4-2-1-3-5-13/h1-5,10,12,14H,6-9,11H2/t14-/m1/s1. The summed E-state index contributed by atoms with van der Waals surface area (Å²) in [5.41, 5.74) is 0.273. The van der Waals surface area contributed by atoms with Gasteiger partial charge in [0.1, 0.15) is 5.76 Å². The third-order valence-corrected chi connectivity index (χ3v) is 6.86. The summed E-state index contributed by atoms with van der Waals surface area (Å²) in [6, 6.07) is 10.1. The Balaban J connectivity index is 1.48. The predicted molar refractivity (Wildman–Crippen MR) is 86.4 cm³/mol. The van der Waals surface area contributed by atoms with Crippen LogP contribution in [0.5, 0.6) is 0 Å². The van der Waals surface area contributed by atoms with Gasteiger partial charge < -0.3 is 9.42 Å². The van der Waals surface area contributed by atoms with Crippen LogP contribution < -0.4 is 0 Å². The number of hydrogen-bond donors (Lipinski definition) is 0. The zero-order chi connectivity index (χ0) is 16.7. The summed E-state index contributed by atoms with van der Waals surface area (Å²) in [7, 11) is -3.42. The molecule has 1 atom stereocenters. The fourth-order valence-electron chi connectivity index (χ4n) is 3.08. The van der Waals surface area contributed by atoms with E-state index in [2.05, 4.69) is 5.16 Å². The first kappa shape index (κ1) is 15.4. The van der Waals surface area contributed by atoms with Crippen LogP contribution in [-0.4, -0.2) is 42.7 Å². The van der Waals surface area contributed by atoms with E-state index in [1.54, 1.807) is 41.3 Å². The van der Waals surface area contributed by atoms with Crippen molar-refractivity contribution < 1.29 is 17.7 Å². The number of amides is 1. The van der Waals surface area contributed by atoms with E-state index in [9.17, 15) is 13.2 Å². The Morgan fingerprint density at radius 1 is 1.17 bits per heavy atom. The topological polar surface area (TPSA) is 80.5 Å². The van der Waals surface area contributed by atoms with Gasteiger partial charge in [0.05, 0.1) is 10.1 Å². The number of likely N-dealkylation sites (tertiary alicyclic amines) is 1. The first-order chi connectivity index (χ1) is 11.6. The lowest BCUT2D eigenvalue weighted by Crippen LogP contribution is -2.32. The Hall–Kier alpha value is -2.15. The maximum Gasteiger partial charge on any atom is 0.276 e. The van der Waals surface area contributed by atoms with Crippen LogP contribution in [0.4, 0.5) is 0 Å². The quantitative estimate of drug-likeness (QED) is 0.848. The van der Waals surface area contributed by atoms with Crippen molar-refractivity contribution in [3.8, 4) is 0 Å². The summed E-state index contributed by atoms with van der Waals surface area (Å²) in [6.45, 7) is 0.614. The van der Waals surface area contributed by atoms with Crippen molar-refractivity contribution in [2.75, 3.05) is 13.1 Å². The molecule has 2 heterocycles. The van der Waals surface area contributed by atoms with Crippen LogP contribution in [-0.2, 0) is 9.84 Å². The lowest BCUT2D eigenvalue weighted by Gasteiger charge is -2.15. The molecule has 2 aliphatic rings. The molecule has 24 heavy (non-hydrogen) atoms. The van der Waals surface area contributed by atoms with Crippen LogP contribution >= 0.6 is 0 Å². The Bertz CT molecular complexity index is 856. The maximum atomic E-state index is 12.7. The number of nitrogens with zero attached hydrogens (tertiary/aromatic N) is 2. The van der Waals surface area contributed by atoms with Crippen molar-refractivity contribution in [2.45, 2.75) is 35.3 Å². The number of benzene rings is 1. The molecule has 0 radical (unpaired) electrons. The number of carbonyl (C=O) groups excluding carboxylic acids is 1. The molecule has 1 aromatic heterocycles. The van der Waals surface area contributed by atoms with Gasteiger partial charge in [-0.15, -0.1) is 0 Å². The molecule has 0 bridgehead atoms. The monoisotopic (exact) mass is 346 g/mol. The molecule has 0 unspecified atom stereocenters. The van der Waals surface area contributed by atoms with Gasteiger partial charge in [0.25, 0.3) is 5.91 Å². The maximum absolute atomic E-state index is 12.7. The lowest BCUT2D eigenvalue weighted by atomic mass is 10.2. The summed E-state index contributed by atoms with van der Waals surface area (Å²) in [5, 5.41) is 3.28. The summed E-state index contributed by atoms with van der Waals surface area (Å²) >= 11 is 0. The van der Waals surface area contributed by atoms with E-state index in [1.807, 2.05) is 0 Å². The van der Waals surface area contributed by atoms with Crippen LogP contribution in [0.15, 0.2) is 45.8 Å². The van der Waals surface area contributed by atoms with E-state index in [0.29, 0.717) is 23.8 Å². The van der Waals surface area contributed by atoms with Gasteiger partial charge in [-0.25, -0.2) is 8.42 Å². The second-order valence-electron chi connectivity index (χ2n) is 6.41. The van der Waals surface area contributed by atoms with Crippen LogP contribution in [0.25, 0.3) is 0 Å². The average molecular weight is 346 g/mol. The van der Waals surface area contributed by atoms with Gasteiger partial charge in [0, 0.05) is 25.1 Å². The van der Waals surface area contributed by atoms with Gasteiger partial charge in [0.2, 0.25) is 0 Å². The zero-order valence-corrected chi connectivity index (χ0v) is 13.9. The number of carbonyl (C=O) groups is 1. The molecule has 1 aliphatic heterocycles. The molecule has 6 nitrogen and oxygen atoms in total. The molecular formula is C17H18N2O4S. The van der Waals surface area contributed by atoms with E-state index < -0.39 is 15.1 Å². The molecule has 2 aromatic rings. The second kappa shape index (κ2) is 5.73. The van der Waals surface area contributed by atoms with Gasteiger partial charge in [-0.1, -0.05) is 23.4 Å². The zero-order valence-electron chi connectivity index (χ0n) is 13.1. The van der Waals surface area contributed by atoms with Gasteiger partial charge in [-0.3, -0.25) is 4.79 Å². The van der Waals surface area contributed by atoms with E-state index in [-0.39, 0.29) is 18.1 Å². The molecule has 126 valence electrons. The highest BCUT2D eigenvalue weighted by molar-refractivity contribution is 7.92. The van der Waals surface area contributed by atoms with Crippen molar-refractivity contribution in [3.05, 3.63) is 47.9 Å². The first-order valence-electron chi connectivity index (χ1n) is 8.10. The minimum atomic E-state index is -3.42. The molecule has 7 heteroatoms. The summed E-state index contributed by atoms with van der Waals surface area (Å²) in [5.74, 6) is 0.895. The van der Waals surface area contributed by atoms with E-state index in [1.165, 1.54) is 0 Å². The number of hydrogen-bond acceptors (Lipinski definition) is 5. The molecule has 0 spiro atoms. The first-order valence-corrected chi connectivity index (χ1v) is 9.65. The van der Waals surface area contributed by atoms with Gasteiger partial charge in [-0.2, -0.15) is 0 Å². The minimum Gasteiger partial charge on any atom is -0.360 e. The molecule has 1 amide bonds. The third-order valence-electron chi connectivity index (χ3n) is 4.67. The second-order valence-corrected chi connectivity index (χ2v) is 8.64. The van der Waals surface area contributed by atoms with E-state index in [0.717, 1.165) is 18.6 Å². The van der Waals surface area contributed by atoms with Crippen molar-refractivity contribution in [3.63, 3.8) is 0 Å². The van der Waals surface area contributed by atoms with Crippen LogP contribution in [0.1, 0.15) is 41.4 Å². The van der Waals surface area contributed by atoms with E-state index in [4.69, 9.17) is 4.52 Å². The van der Waals surface area contributed by atoms with E-state index >= 15 is 0 Å². The largest absolute Gasteiger partial charge is 0.360 e. The van der Waals surface area contributed by atoms with Crippen LogP contribution in [0, 0.1) is 0 Å². The van der Waals surface area contributed by atoms with Crippen molar-refractivity contribution in [1.82, 2.24) is 10.1 Å². The Morgan fingerprint density at radius 3 is 2.62 bits per heavy atom. The van der Waals surface area contributed by atoms with Crippen LogP contribution in [0.2, 0.25) is 0 Å². The van der Waals surface area contributed by atoms with Gasteiger partial charge >= 0.3 is 0 Å². The Kier molecular flexibility index (Phi) is 3.68. The molecule has 1 aromatic carbocycles. The fourth-order valence-corrected chi connectivity index (χ4v) is 4.79. The summed E-state index contributed by atoms with van der Waals surface area (Å²) < 4.78 is 30.6. The molecule has 4 rings (SSSR count). The predicted octanol–water partition coefficient (Wildman–Crippen LogP) is 2.24. The van der Waals surface area contributed by atoms with Gasteiger partial charge in [-0.05, 0) is 31.4 Å². The number of rotatable bonds is 4. The smallest absolute Gasteiger partial charge is 0.276 e. The molecular weight excluding hydrogens is 328 g/mol.